The summed E-state index contributed by atoms with van der Waals surface area (Å²) in [7, 11) is 0. The molecule has 21 heavy (non-hydrogen) atoms. The Morgan fingerprint density at radius 3 is 2.86 bits per heavy atom. The first-order valence-corrected chi connectivity index (χ1v) is 8.08. The Kier molecular flexibility index (Phi) is 4.88. The van der Waals surface area contributed by atoms with E-state index in [1.807, 2.05) is 18.2 Å². The van der Waals surface area contributed by atoms with E-state index in [0.29, 0.717) is 18.6 Å². The molecule has 2 N–H and O–H groups in total. The number of carbonyl (C=O) groups is 1. The number of hydrogen-bond donors (Lipinski definition) is 2. The van der Waals surface area contributed by atoms with Crippen LogP contribution in [-0.2, 0) is 11.2 Å². The van der Waals surface area contributed by atoms with Gasteiger partial charge in [0.2, 0.25) is 5.91 Å². The van der Waals surface area contributed by atoms with Crippen LogP contribution in [0.4, 0.5) is 0 Å². The molecule has 2 bridgehead atoms. The molecule has 2 aliphatic heterocycles. The van der Waals surface area contributed by atoms with Crippen LogP contribution in [0.3, 0.4) is 0 Å². The average molecular weight is 287 g/mol. The monoisotopic (exact) mass is 287 g/mol. The minimum atomic E-state index is 0.156. The predicted octanol–water partition coefficient (Wildman–Crippen LogP) is 1.17. The third-order valence-corrected chi connectivity index (χ3v) is 4.55. The molecule has 1 aromatic rings. The summed E-state index contributed by atoms with van der Waals surface area (Å²) in [5, 5.41) is 6.69. The summed E-state index contributed by atoms with van der Waals surface area (Å²) in [5.41, 5.74) is 1.27. The summed E-state index contributed by atoms with van der Waals surface area (Å²) >= 11 is 0. The second-order valence-electron chi connectivity index (χ2n) is 6.25. The fourth-order valence-electron chi connectivity index (χ4n) is 3.41. The largest absolute Gasteiger partial charge is 0.355 e. The molecule has 2 unspecified atom stereocenters. The highest BCUT2D eigenvalue weighted by molar-refractivity contribution is 5.78. The minimum absolute atomic E-state index is 0.156. The molecule has 0 radical (unpaired) electrons. The van der Waals surface area contributed by atoms with Crippen LogP contribution >= 0.6 is 0 Å². The van der Waals surface area contributed by atoms with E-state index in [-0.39, 0.29) is 5.91 Å². The lowest BCUT2D eigenvalue weighted by Crippen LogP contribution is -2.42. The Morgan fingerprint density at radius 1 is 1.19 bits per heavy atom. The highest BCUT2D eigenvalue weighted by atomic mass is 16.2. The molecule has 2 aliphatic rings. The van der Waals surface area contributed by atoms with E-state index in [1.165, 1.54) is 24.8 Å². The Hall–Kier alpha value is -1.39. The van der Waals surface area contributed by atoms with E-state index in [9.17, 15) is 4.79 Å². The molecule has 114 valence electrons. The van der Waals surface area contributed by atoms with Crippen LogP contribution in [0.15, 0.2) is 30.3 Å². The topological polar surface area (TPSA) is 44.4 Å². The number of fused-ring (bicyclic) bond motifs is 2. The molecular weight excluding hydrogens is 262 g/mol. The Bertz CT molecular complexity index is 462. The Labute approximate surface area is 126 Å². The van der Waals surface area contributed by atoms with Gasteiger partial charge in [0.15, 0.2) is 0 Å². The van der Waals surface area contributed by atoms with Gasteiger partial charge < -0.3 is 10.6 Å². The molecule has 0 saturated carbocycles. The maximum absolute atomic E-state index is 12.0. The molecule has 0 spiro atoms. The Morgan fingerprint density at radius 2 is 2.00 bits per heavy atom. The zero-order chi connectivity index (χ0) is 14.5. The molecule has 1 aromatic carbocycles. The van der Waals surface area contributed by atoms with Crippen molar-refractivity contribution >= 4 is 5.91 Å². The summed E-state index contributed by atoms with van der Waals surface area (Å²) in [6.45, 7) is 3.32. The molecular formula is C17H25N3O. The van der Waals surface area contributed by atoms with Gasteiger partial charge in [-0.25, -0.2) is 0 Å². The number of carbonyl (C=O) groups excluding carboxylic acids is 1. The van der Waals surface area contributed by atoms with Crippen molar-refractivity contribution in [1.29, 1.82) is 0 Å². The normalized spacial score (nSPS) is 25.5. The number of nitrogens with zero attached hydrogens (tertiary/aromatic N) is 1. The molecule has 0 aliphatic carbocycles. The van der Waals surface area contributed by atoms with Gasteiger partial charge in [-0.2, -0.15) is 0 Å². The highest BCUT2D eigenvalue weighted by Gasteiger charge is 2.29. The van der Waals surface area contributed by atoms with Crippen LogP contribution < -0.4 is 10.6 Å². The lowest BCUT2D eigenvalue weighted by molar-refractivity contribution is -0.122. The van der Waals surface area contributed by atoms with Crippen molar-refractivity contribution < 1.29 is 4.79 Å². The molecule has 2 atom stereocenters. The quantitative estimate of drug-likeness (QED) is 0.854. The van der Waals surface area contributed by atoms with Gasteiger partial charge in [0, 0.05) is 31.7 Å². The summed E-state index contributed by atoms with van der Waals surface area (Å²) < 4.78 is 0. The zero-order valence-corrected chi connectivity index (χ0v) is 12.6. The highest BCUT2D eigenvalue weighted by Crippen LogP contribution is 2.19. The number of amides is 1. The van der Waals surface area contributed by atoms with Crippen molar-refractivity contribution in [2.24, 2.45) is 0 Å². The van der Waals surface area contributed by atoms with Crippen molar-refractivity contribution in [2.45, 2.75) is 37.8 Å². The van der Waals surface area contributed by atoms with Gasteiger partial charge in [0.1, 0.15) is 0 Å². The number of rotatable bonds is 5. The van der Waals surface area contributed by atoms with Crippen LogP contribution in [0, 0.1) is 0 Å². The number of hydrogen-bond acceptors (Lipinski definition) is 3. The molecule has 3 rings (SSSR count). The first kappa shape index (κ1) is 14.5. The van der Waals surface area contributed by atoms with Crippen molar-refractivity contribution in [1.82, 2.24) is 15.5 Å². The minimum Gasteiger partial charge on any atom is -0.355 e. The lowest BCUT2D eigenvalue weighted by atomic mass is 10.1. The third-order valence-electron chi connectivity index (χ3n) is 4.55. The van der Waals surface area contributed by atoms with Crippen LogP contribution in [0.2, 0.25) is 0 Å². The molecule has 0 aromatic heterocycles. The van der Waals surface area contributed by atoms with Crippen molar-refractivity contribution in [3.05, 3.63) is 35.9 Å². The molecule has 2 heterocycles. The van der Waals surface area contributed by atoms with Gasteiger partial charge in [-0.05, 0) is 31.2 Å². The standard InChI is InChI=1S/C17H25N3O/c21-17(18-10-8-14-4-2-1-3-5-14)13-20-11-9-15-6-7-16(12-20)19-15/h1-5,15-16,19H,6-13H2,(H,18,21). The van der Waals surface area contributed by atoms with E-state index in [0.717, 1.165) is 26.1 Å². The van der Waals surface area contributed by atoms with Crippen molar-refractivity contribution in [3.8, 4) is 0 Å². The molecule has 4 heteroatoms. The number of nitrogens with one attached hydrogen (secondary N) is 2. The SMILES string of the molecule is O=C(CN1CCC2CCC(C1)N2)NCCc1ccccc1. The van der Waals surface area contributed by atoms with E-state index in [1.54, 1.807) is 0 Å². The van der Waals surface area contributed by atoms with E-state index in [4.69, 9.17) is 0 Å². The zero-order valence-electron chi connectivity index (χ0n) is 12.6. The van der Waals surface area contributed by atoms with E-state index in [2.05, 4.69) is 27.7 Å². The van der Waals surface area contributed by atoms with Gasteiger partial charge in [-0.1, -0.05) is 30.3 Å². The number of benzene rings is 1. The lowest BCUT2D eigenvalue weighted by Gasteiger charge is -2.23. The fourth-order valence-corrected chi connectivity index (χ4v) is 3.41. The summed E-state index contributed by atoms with van der Waals surface area (Å²) in [6.07, 6.45) is 4.64. The molecule has 4 nitrogen and oxygen atoms in total. The summed E-state index contributed by atoms with van der Waals surface area (Å²) in [5.74, 6) is 0.156. The van der Waals surface area contributed by atoms with Crippen LogP contribution in [0.5, 0.6) is 0 Å². The van der Waals surface area contributed by atoms with Crippen LogP contribution in [0.25, 0.3) is 0 Å². The maximum Gasteiger partial charge on any atom is 0.234 e. The second-order valence-corrected chi connectivity index (χ2v) is 6.25. The number of likely N-dealkylation sites (tertiary alicyclic amines) is 1. The molecule has 2 saturated heterocycles. The first-order valence-electron chi connectivity index (χ1n) is 8.08. The van der Waals surface area contributed by atoms with Gasteiger partial charge >= 0.3 is 0 Å². The van der Waals surface area contributed by atoms with Gasteiger partial charge in [0.05, 0.1) is 6.54 Å². The molecule has 2 fully saturated rings. The van der Waals surface area contributed by atoms with Crippen molar-refractivity contribution in [3.63, 3.8) is 0 Å². The van der Waals surface area contributed by atoms with Crippen molar-refractivity contribution in [2.75, 3.05) is 26.2 Å². The first-order chi connectivity index (χ1) is 10.3. The summed E-state index contributed by atoms with van der Waals surface area (Å²) in [4.78, 5) is 14.3. The predicted molar refractivity (Wildman–Crippen MR) is 84.2 cm³/mol. The van der Waals surface area contributed by atoms with Gasteiger partial charge in [0.25, 0.3) is 0 Å². The second kappa shape index (κ2) is 7.05. The van der Waals surface area contributed by atoms with Crippen LogP contribution in [-0.4, -0.2) is 49.1 Å². The Balaban J connectivity index is 1.38. The summed E-state index contributed by atoms with van der Waals surface area (Å²) in [6, 6.07) is 11.6. The maximum atomic E-state index is 12.0. The smallest absolute Gasteiger partial charge is 0.234 e. The third kappa shape index (κ3) is 4.29. The average Bonchev–Trinajstić information content (AvgIpc) is 2.83. The van der Waals surface area contributed by atoms with Gasteiger partial charge in [-0.3, -0.25) is 9.69 Å². The van der Waals surface area contributed by atoms with Gasteiger partial charge in [-0.15, -0.1) is 0 Å². The fraction of sp³-hybridized carbons (Fsp3) is 0.588. The van der Waals surface area contributed by atoms with Crippen LogP contribution in [0.1, 0.15) is 24.8 Å². The molecule has 1 amide bonds. The van der Waals surface area contributed by atoms with E-state index >= 15 is 0 Å². The van der Waals surface area contributed by atoms with E-state index < -0.39 is 0 Å².